The molecule has 0 atom stereocenters. The maximum Gasteiger partial charge on any atom is 0.254 e. The number of nitrogens with zero attached hydrogens (tertiary/aromatic N) is 2. The lowest BCUT2D eigenvalue weighted by atomic mass is 10.2. The molecule has 0 saturated carbocycles. The Morgan fingerprint density at radius 3 is 2.59 bits per heavy atom. The van der Waals surface area contributed by atoms with E-state index in [2.05, 4.69) is 25.9 Å². The summed E-state index contributed by atoms with van der Waals surface area (Å²) in [5.41, 5.74) is 7.44. The number of hydrogen-bond acceptors (Lipinski definition) is 6. The molecule has 29 heavy (non-hydrogen) atoms. The van der Waals surface area contributed by atoms with Crippen LogP contribution in [0, 0.1) is 0 Å². The fourth-order valence-corrected chi connectivity index (χ4v) is 2.12. The van der Waals surface area contributed by atoms with E-state index < -0.39 is 13.3 Å². The number of halogens is 2. The van der Waals surface area contributed by atoms with E-state index >= 15 is 0 Å². The maximum absolute atomic E-state index is 12.5. The first-order valence-corrected chi connectivity index (χ1v) is 9.51. The van der Waals surface area contributed by atoms with Crippen molar-refractivity contribution in [1.82, 2.24) is 10.3 Å². The molecule has 0 spiro atoms. The zero-order valence-electron chi connectivity index (χ0n) is 17.8. The van der Waals surface area contributed by atoms with Crippen molar-refractivity contribution in [3.63, 3.8) is 0 Å². The average Bonchev–Trinajstić information content (AvgIpc) is 2.73. The zero-order valence-corrected chi connectivity index (χ0v) is 17.8. The molecule has 0 fully saturated rings. The number of hydrogen-bond donors (Lipinski definition) is 4. The van der Waals surface area contributed by atoms with Gasteiger partial charge in [-0.05, 0) is 13.3 Å². The number of amides is 1. The fourth-order valence-electron chi connectivity index (χ4n) is 2.12. The number of aliphatic imine (C=N–C) groups is 1. The number of rotatable bonds is 10. The highest BCUT2D eigenvalue weighted by molar-refractivity contribution is 5.99. The van der Waals surface area contributed by atoms with Crippen molar-refractivity contribution in [2.45, 2.75) is 34.1 Å². The number of allylic oxidation sites excluding steroid dienone is 2. The monoisotopic (exact) mass is 410 g/mol. The number of nitrogens with one attached hydrogen (secondary N) is 3. The van der Waals surface area contributed by atoms with Gasteiger partial charge in [-0.15, -0.1) is 0 Å². The molecule has 0 aliphatic rings. The molecule has 1 aromatic heterocycles. The Labute approximate surface area is 171 Å². The fraction of sp³-hybridized carbons (Fsp3) is 0.450. The first kappa shape index (κ1) is 26.0. The third kappa shape index (κ3) is 9.68. The van der Waals surface area contributed by atoms with Gasteiger partial charge in [0.05, 0.1) is 11.3 Å². The summed E-state index contributed by atoms with van der Waals surface area (Å²) in [7, 11) is 1.50. The Kier molecular flexibility index (Phi) is 13.5. The van der Waals surface area contributed by atoms with Gasteiger partial charge in [0, 0.05) is 43.3 Å². The van der Waals surface area contributed by atoms with Gasteiger partial charge in [0.15, 0.2) is 0 Å². The van der Waals surface area contributed by atoms with E-state index in [1.165, 1.54) is 13.2 Å². The van der Waals surface area contributed by atoms with Crippen molar-refractivity contribution >= 4 is 23.1 Å². The Morgan fingerprint density at radius 2 is 2.03 bits per heavy atom. The van der Waals surface area contributed by atoms with Crippen molar-refractivity contribution in [1.29, 1.82) is 0 Å². The minimum absolute atomic E-state index is 0.0647. The summed E-state index contributed by atoms with van der Waals surface area (Å²) in [4.78, 5) is 20.1. The predicted octanol–water partition coefficient (Wildman–Crippen LogP) is 3.79. The molecule has 0 radical (unpaired) electrons. The molecule has 0 bridgehead atoms. The molecule has 0 saturated heterocycles. The molecular formula is C20H32F2N6O. The van der Waals surface area contributed by atoms with Crippen molar-refractivity contribution in [3.8, 4) is 0 Å². The number of aromatic nitrogens is 1. The number of carbonyl (C=O) groups is 1. The molecular weight excluding hydrogens is 378 g/mol. The van der Waals surface area contributed by atoms with Gasteiger partial charge in [-0.25, -0.2) is 18.8 Å². The van der Waals surface area contributed by atoms with Crippen LogP contribution in [0.2, 0.25) is 0 Å². The number of carbonyl (C=O) groups excluding carboxylic acids is 1. The molecule has 9 heteroatoms. The van der Waals surface area contributed by atoms with E-state index in [1.807, 2.05) is 26.8 Å². The Balaban J connectivity index is 0.00000379. The number of nitrogens with two attached hydrogens (primary N) is 1. The van der Waals surface area contributed by atoms with Gasteiger partial charge in [0.25, 0.3) is 5.91 Å². The molecule has 0 unspecified atom stereocenters. The summed E-state index contributed by atoms with van der Waals surface area (Å²) < 4.78 is 25.1. The summed E-state index contributed by atoms with van der Waals surface area (Å²) in [5, 5.41) is 8.44. The van der Waals surface area contributed by atoms with Crippen LogP contribution in [0.4, 0.5) is 20.3 Å². The van der Waals surface area contributed by atoms with Crippen molar-refractivity contribution in [2.24, 2.45) is 10.7 Å². The SMILES string of the molecule is CC.CC/C=C(/C=C(N)\N=C(/C)CF)Nc1cc(NCCF)c(C(=O)NC)cn1. The molecule has 1 amide bonds. The Morgan fingerprint density at radius 1 is 1.34 bits per heavy atom. The summed E-state index contributed by atoms with van der Waals surface area (Å²) in [5.74, 6) is 0.244. The maximum atomic E-state index is 12.5. The minimum atomic E-state index is -0.680. The first-order chi connectivity index (χ1) is 13.9. The number of pyridine rings is 1. The Hall–Kier alpha value is -2.97. The van der Waals surface area contributed by atoms with Gasteiger partial charge in [-0.3, -0.25) is 4.79 Å². The summed E-state index contributed by atoms with van der Waals surface area (Å²) in [6.45, 7) is 6.29. The zero-order chi connectivity index (χ0) is 22.2. The highest BCUT2D eigenvalue weighted by atomic mass is 19.1. The third-order valence-corrected chi connectivity index (χ3v) is 3.30. The van der Waals surface area contributed by atoms with Crippen molar-refractivity contribution in [2.75, 3.05) is 37.6 Å². The average molecular weight is 411 g/mol. The highest BCUT2D eigenvalue weighted by Crippen LogP contribution is 2.20. The van der Waals surface area contributed by atoms with Crippen molar-refractivity contribution < 1.29 is 13.6 Å². The van der Waals surface area contributed by atoms with Crippen LogP contribution in [0.1, 0.15) is 44.5 Å². The van der Waals surface area contributed by atoms with E-state index in [-0.39, 0.29) is 24.0 Å². The number of alkyl halides is 2. The second kappa shape index (κ2) is 15.0. The van der Waals surface area contributed by atoms with Crippen LogP contribution < -0.4 is 21.7 Å². The number of anilines is 2. The van der Waals surface area contributed by atoms with Crippen LogP contribution in [0.15, 0.2) is 40.9 Å². The topological polar surface area (TPSA) is 104 Å². The summed E-state index contributed by atoms with van der Waals surface area (Å²) >= 11 is 0. The molecule has 1 aromatic rings. The van der Waals surface area contributed by atoms with Crippen LogP contribution >= 0.6 is 0 Å². The van der Waals surface area contributed by atoms with E-state index in [0.717, 1.165) is 0 Å². The molecule has 1 heterocycles. The van der Waals surface area contributed by atoms with E-state index in [0.29, 0.717) is 29.2 Å². The highest BCUT2D eigenvalue weighted by Gasteiger charge is 2.12. The molecule has 162 valence electrons. The molecule has 1 rings (SSSR count). The normalized spacial score (nSPS) is 12.0. The van der Waals surface area contributed by atoms with E-state index in [9.17, 15) is 13.6 Å². The molecule has 0 aliphatic carbocycles. The molecule has 0 aromatic carbocycles. The first-order valence-electron chi connectivity index (χ1n) is 9.51. The molecule has 7 nitrogen and oxygen atoms in total. The van der Waals surface area contributed by atoms with Crippen LogP contribution in [-0.4, -0.2) is 43.5 Å². The largest absolute Gasteiger partial charge is 0.384 e. The minimum Gasteiger partial charge on any atom is -0.384 e. The Bertz CT molecular complexity index is 732. The van der Waals surface area contributed by atoms with Gasteiger partial charge in [-0.2, -0.15) is 0 Å². The predicted molar refractivity (Wildman–Crippen MR) is 117 cm³/mol. The third-order valence-electron chi connectivity index (χ3n) is 3.30. The quantitative estimate of drug-likeness (QED) is 0.347. The van der Waals surface area contributed by atoms with Gasteiger partial charge >= 0.3 is 0 Å². The van der Waals surface area contributed by atoms with Crippen molar-refractivity contribution in [3.05, 3.63) is 41.5 Å². The molecule has 0 aliphatic heterocycles. The smallest absolute Gasteiger partial charge is 0.254 e. The van der Waals surface area contributed by atoms with Crippen LogP contribution in [0.3, 0.4) is 0 Å². The van der Waals surface area contributed by atoms with E-state index in [1.54, 1.807) is 19.1 Å². The lowest BCUT2D eigenvalue weighted by Crippen LogP contribution is -2.20. The second-order valence-corrected chi connectivity index (χ2v) is 5.55. The van der Waals surface area contributed by atoms with Gasteiger partial charge in [0.2, 0.25) is 0 Å². The summed E-state index contributed by atoms with van der Waals surface area (Å²) in [6, 6.07) is 1.60. The second-order valence-electron chi connectivity index (χ2n) is 5.55. The summed E-state index contributed by atoms with van der Waals surface area (Å²) in [6.07, 6.45) is 5.52. The lowest BCUT2D eigenvalue weighted by molar-refractivity contribution is 0.0963. The lowest BCUT2D eigenvalue weighted by Gasteiger charge is -2.13. The molecule has 5 N–H and O–H groups in total. The standard InChI is InChI=1S/C18H26F2N6O.C2H6/c1-4-5-13(8-16(21)25-12(2)10-20)26-17-9-15(23-7-6-19)14(11-24-17)18(27)22-3;1-2/h5,8-9,11H,4,6-7,10,21H2,1-3H3,(H,22,27)(H2,23,24,26);1-2H3/b13-5-,16-8-,25-12+;. The van der Waals surface area contributed by atoms with Crippen LogP contribution in [0.25, 0.3) is 0 Å². The van der Waals surface area contributed by atoms with Gasteiger partial charge in [0.1, 0.15) is 25.0 Å². The van der Waals surface area contributed by atoms with Gasteiger partial charge in [-0.1, -0.05) is 26.8 Å². The van der Waals surface area contributed by atoms with E-state index in [4.69, 9.17) is 5.73 Å². The van der Waals surface area contributed by atoms with Crippen LogP contribution in [0.5, 0.6) is 0 Å². The van der Waals surface area contributed by atoms with Gasteiger partial charge < -0.3 is 21.7 Å². The van der Waals surface area contributed by atoms with Crippen LogP contribution in [-0.2, 0) is 0 Å².